The Balaban J connectivity index is 2.52. The van der Waals surface area contributed by atoms with Crippen molar-refractivity contribution in [3.63, 3.8) is 0 Å². The lowest BCUT2D eigenvalue weighted by atomic mass is 10.3. The molecule has 0 aromatic carbocycles. The molecule has 7 heteroatoms. The SMILES string of the molecule is CCCNS(=O)(=O)N1CCOC(CNC)C1. The van der Waals surface area contributed by atoms with E-state index < -0.39 is 10.2 Å². The molecule has 1 aliphatic rings. The molecule has 1 rings (SSSR count). The highest BCUT2D eigenvalue weighted by Gasteiger charge is 2.28. The quantitative estimate of drug-likeness (QED) is 0.645. The van der Waals surface area contributed by atoms with Gasteiger partial charge in [0.25, 0.3) is 10.2 Å². The minimum absolute atomic E-state index is 0.0584. The van der Waals surface area contributed by atoms with E-state index in [2.05, 4.69) is 10.0 Å². The third kappa shape index (κ3) is 3.99. The molecular formula is C9H21N3O3S. The molecule has 16 heavy (non-hydrogen) atoms. The van der Waals surface area contributed by atoms with Gasteiger partial charge < -0.3 is 10.1 Å². The molecule has 0 radical (unpaired) electrons. The summed E-state index contributed by atoms with van der Waals surface area (Å²) in [5.41, 5.74) is 0. The smallest absolute Gasteiger partial charge is 0.279 e. The first-order valence-corrected chi connectivity index (χ1v) is 7.05. The van der Waals surface area contributed by atoms with Gasteiger partial charge in [0.05, 0.1) is 12.7 Å². The van der Waals surface area contributed by atoms with Gasteiger partial charge in [-0.1, -0.05) is 6.92 Å². The largest absolute Gasteiger partial charge is 0.374 e. The van der Waals surface area contributed by atoms with Crippen molar-refractivity contribution >= 4 is 10.2 Å². The van der Waals surface area contributed by atoms with Crippen LogP contribution in [0.25, 0.3) is 0 Å². The Bertz CT molecular complexity index is 292. The second-order valence-electron chi connectivity index (χ2n) is 3.81. The Morgan fingerprint density at radius 1 is 1.50 bits per heavy atom. The summed E-state index contributed by atoms with van der Waals surface area (Å²) in [6, 6.07) is 0. The van der Waals surface area contributed by atoms with E-state index in [-0.39, 0.29) is 6.10 Å². The van der Waals surface area contributed by atoms with E-state index in [0.717, 1.165) is 6.42 Å². The molecule has 1 aliphatic heterocycles. The van der Waals surface area contributed by atoms with Crippen LogP contribution < -0.4 is 10.0 Å². The lowest BCUT2D eigenvalue weighted by Gasteiger charge is -2.31. The molecule has 0 bridgehead atoms. The van der Waals surface area contributed by atoms with Crippen LogP contribution in [0.4, 0.5) is 0 Å². The Kier molecular flexibility index (Phi) is 5.63. The predicted molar refractivity (Wildman–Crippen MR) is 62.5 cm³/mol. The maximum Gasteiger partial charge on any atom is 0.279 e. The summed E-state index contributed by atoms with van der Waals surface area (Å²) in [6.45, 7) is 4.39. The highest BCUT2D eigenvalue weighted by molar-refractivity contribution is 7.87. The number of nitrogens with one attached hydrogen (secondary N) is 2. The van der Waals surface area contributed by atoms with Crippen LogP contribution in [0.5, 0.6) is 0 Å². The molecule has 0 aromatic heterocycles. The first-order valence-electron chi connectivity index (χ1n) is 5.61. The van der Waals surface area contributed by atoms with Gasteiger partial charge in [0.15, 0.2) is 0 Å². The fourth-order valence-electron chi connectivity index (χ4n) is 1.58. The maximum absolute atomic E-state index is 11.8. The molecule has 6 nitrogen and oxygen atoms in total. The van der Waals surface area contributed by atoms with E-state index in [9.17, 15) is 8.42 Å². The van der Waals surface area contributed by atoms with Crippen molar-refractivity contribution in [3.05, 3.63) is 0 Å². The molecule has 0 aromatic rings. The lowest BCUT2D eigenvalue weighted by molar-refractivity contribution is 0.000468. The third-order valence-corrected chi connectivity index (χ3v) is 3.99. The maximum atomic E-state index is 11.8. The Hall–Kier alpha value is -0.210. The van der Waals surface area contributed by atoms with E-state index in [1.165, 1.54) is 4.31 Å². The molecular weight excluding hydrogens is 230 g/mol. The molecule has 0 spiro atoms. The molecule has 0 saturated carbocycles. The molecule has 0 amide bonds. The minimum atomic E-state index is -3.32. The van der Waals surface area contributed by atoms with E-state index in [0.29, 0.717) is 32.8 Å². The number of ether oxygens (including phenoxy) is 1. The fourth-order valence-corrected chi connectivity index (χ4v) is 2.91. The van der Waals surface area contributed by atoms with Gasteiger partial charge in [-0.3, -0.25) is 0 Å². The topological polar surface area (TPSA) is 70.7 Å². The Morgan fingerprint density at radius 2 is 2.25 bits per heavy atom. The van der Waals surface area contributed by atoms with Gasteiger partial charge >= 0.3 is 0 Å². The zero-order valence-electron chi connectivity index (χ0n) is 9.90. The number of hydrogen-bond donors (Lipinski definition) is 2. The molecule has 1 saturated heterocycles. The first-order chi connectivity index (χ1) is 7.60. The van der Waals surface area contributed by atoms with Crippen LogP contribution in [0.15, 0.2) is 0 Å². The zero-order valence-corrected chi connectivity index (χ0v) is 10.7. The number of likely N-dealkylation sites (N-methyl/N-ethyl adjacent to an activating group) is 1. The van der Waals surface area contributed by atoms with Gasteiger partial charge in [-0.15, -0.1) is 0 Å². The van der Waals surface area contributed by atoms with Crippen molar-refractivity contribution in [1.82, 2.24) is 14.3 Å². The van der Waals surface area contributed by atoms with Crippen LogP contribution in [0.2, 0.25) is 0 Å². The summed E-state index contributed by atoms with van der Waals surface area (Å²) in [7, 11) is -1.50. The highest BCUT2D eigenvalue weighted by atomic mass is 32.2. The lowest BCUT2D eigenvalue weighted by Crippen LogP contribution is -2.52. The summed E-state index contributed by atoms with van der Waals surface area (Å²) in [5.74, 6) is 0. The van der Waals surface area contributed by atoms with Crippen LogP contribution in [0.1, 0.15) is 13.3 Å². The van der Waals surface area contributed by atoms with E-state index >= 15 is 0 Å². The average molecular weight is 251 g/mol. The van der Waals surface area contributed by atoms with Crippen LogP contribution >= 0.6 is 0 Å². The minimum Gasteiger partial charge on any atom is -0.374 e. The summed E-state index contributed by atoms with van der Waals surface area (Å²) in [6.07, 6.45) is 0.737. The first kappa shape index (κ1) is 13.9. The second-order valence-corrected chi connectivity index (χ2v) is 5.56. The highest BCUT2D eigenvalue weighted by Crippen LogP contribution is 2.08. The van der Waals surface area contributed by atoms with E-state index in [4.69, 9.17) is 4.74 Å². The van der Waals surface area contributed by atoms with Crippen LogP contribution in [-0.2, 0) is 14.9 Å². The van der Waals surface area contributed by atoms with Gasteiger partial charge in [-0.2, -0.15) is 12.7 Å². The van der Waals surface area contributed by atoms with Gasteiger partial charge in [0.2, 0.25) is 0 Å². The normalized spacial score (nSPS) is 23.5. The van der Waals surface area contributed by atoms with Crippen molar-refractivity contribution in [3.8, 4) is 0 Å². The number of morpholine rings is 1. The van der Waals surface area contributed by atoms with Crippen LogP contribution in [0, 0.1) is 0 Å². The van der Waals surface area contributed by atoms with Gasteiger partial charge in [0, 0.05) is 26.2 Å². The molecule has 1 heterocycles. The average Bonchev–Trinajstić information content (AvgIpc) is 2.27. The molecule has 2 N–H and O–H groups in total. The molecule has 1 atom stereocenters. The number of hydrogen-bond acceptors (Lipinski definition) is 4. The van der Waals surface area contributed by atoms with Crippen molar-refractivity contribution in [2.75, 3.05) is 39.8 Å². The Labute approximate surface area is 97.5 Å². The standard InChI is InChI=1S/C9H21N3O3S/c1-3-4-11-16(13,14)12-5-6-15-9(8-12)7-10-2/h9-11H,3-8H2,1-2H3. The van der Waals surface area contributed by atoms with Crippen molar-refractivity contribution in [2.24, 2.45) is 0 Å². The third-order valence-electron chi connectivity index (χ3n) is 2.41. The van der Waals surface area contributed by atoms with Gasteiger partial charge in [0.1, 0.15) is 0 Å². The number of nitrogens with zero attached hydrogens (tertiary/aromatic N) is 1. The Morgan fingerprint density at radius 3 is 2.88 bits per heavy atom. The monoisotopic (exact) mass is 251 g/mol. The van der Waals surface area contributed by atoms with Gasteiger partial charge in [-0.25, -0.2) is 4.72 Å². The molecule has 1 unspecified atom stereocenters. The van der Waals surface area contributed by atoms with Gasteiger partial charge in [-0.05, 0) is 13.5 Å². The predicted octanol–water partition coefficient (Wildman–Crippen LogP) is -0.849. The summed E-state index contributed by atoms with van der Waals surface area (Å²) >= 11 is 0. The van der Waals surface area contributed by atoms with Crippen molar-refractivity contribution in [2.45, 2.75) is 19.4 Å². The fraction of sp³-hybridized carbons (Fsp3) is 1.00. The van der Waals surface area contributed by atoms with E-state index in [1.54, 1.807) is 0 Å². The summed E-state index contributed by atoms with van der Waals surface area (Å²) in [5, 5.41) is 2.99. The second kappa shape index (κ2) is 6.51. The molecule has 96 valence electrons. The number of rotatable bonds is 6. The molecule has 1 fully saturated rings. The van der Waals surface area contributed by atoms with Crippen molar-refractivity contribution < 1.29 is 13.2 Å². The van der Waals surface area contributed by atoms with Crippen LogP contribution in [-0.4, -0.2) is 58.7 Å². The summed E-state index contributed by atoms with van der Waals surface area (Å²) < 4.78 is 33.1. The van der Waals surface area contributed by atoms with Crippen LogP contribution in [0.3, 0.4) is 0 Å². The van der Waals surface area contributed by atoms with E-state index in [1.807, 2.05) is 14.0 Å². The van der Waals surface area contributed by atoms with Crippen molar-refractivity contribution in [1.29, 1.82) is 0 Å². The molecule has 0 aliphatic carbocycles. The summed E-state index contributed by atoms with van der Waals surface area (Å²) in [4.78, 5) is 0. The zero-order chi connectivity index (χ0) is 12.0.